The minimum absolute atomic E-state index is 0.0229. The summed E-state index contributed by atoms with van der Waals surface area (Å²) in [5, 5.41) is 14.2. The Labute approximate surface area is 121 Å². The summed E-state index contributed by atoms with van der Waals surface area (Å²) in [7, 11) is 0. The van der Waals surface area contributed by atoms with Crippen LogP contribution in [0.5, 0.6) is 0 Å². The molecule has 21 heavy (non-hydrogen) atoms. The number of alkyl halides is 1. The first-order chi connectivity index (χ1) is 10.1. The van der Waals surface area contributed by atoms with Crippen molar-refractivity contribution in [2.75, 3.05) is 18.9 Å². The third-order valence-electron chi connectivity index (χ3n) is 4.14. The highest BCUT2D eigenvalue weighted by Crippen LogP contribution is 2.38. The van der Waals surface area contributed by atoms with Gasteiger partial charge >= 0.3 is 0 Å². The van der Waals surface area contributed by atoms with E-state index in [-0.39, 0.29) is 13.0 Å². The molecule has 2 N–H and O–H groups in total. The minimum atomic E-state index is -1.30. The zero-order valence-electron chi connectivity index (χ0n) is 11.7. The van der Waals surface area contributed by atoms with Gasteiger partial charge in [-0.2, -0.15) is 10.4 Å². The van der Waals surface area contributed by atoms with E-state index >= 15 is 0 Å². The van der Waals surface area contributed by atoms with Crippen LogP contribution in [0.15, 0.2) is 12.3 Å². The molecule has 0 spiro atoms. The van der Waals surface area contributed by atoms with Crippen LogP contribution in [0.25, 0.3) is 10.9 Å². The number of nitrogen functional groups attached to an aromatic ring is 1. The normalized spacial score (nSPS) is 25.9. The highest BCUT2D eigenvalue weighted by atomic mass is 19.1. The first-order valence-electron chi connectivity index (χ1n) is 6.79. The predicted octanol–water partition coefficient (Wildman–Crippen LogP) is 1.69. The Morgan fingerprint density at radius 3 is 3.19 bits per heavy atom. The zero-order chi connectivity index (χ0) is 15.0. The molecule has 110 valence electrons. The van der Waals surface area contributed by atoms with Crippen molar-refractivity contribution in [2.45, 2.75) is 31.5 Å². The van der Waals surface area contributed by atoms with Crippen LogP contribution >= 0.6 is 0 Å². The van der Waals surface area contributed by atoms with Gasteiger partial charge in [0.05, 0.1) is 35.7 Å². The number of halogens is 1. The number of ether oxygens (including phenoxy) is 1. The van der Waals surface area contributed by atoms with Crippen LogP contribution in [-0.4, -0.2) is 34.1 Å². The summed E-state index contributed by atoms with van der Waals surface area (Å²) >= 11 is 0. The molecule has 0 aliphatic carbocycles. The van der Waals surface area contributed by atoms with Crippen molar-refractivity contribution in [2.24, 2.45) is 0 Å². The van der Waals surface area contributed by atoms with Gasteiger partial charge in [0.15, 0.2) is 5.82 Å². The molecule has 0 radical (unpaired) electrons. The molecule has 0 saturated carbocycles. The zero-order valence-corrected chi connectivity index (χ0v) is 11.7. The summed E-state index contributed by atoms with van der Waals surface area (Å²) in [5.74, 6) is 0.312. The maximum Gasteiger partial charge on any atom is 0.155 e. The molecule has 0 amide bonds. The van der Waals surface area contributed by atoms with E-state index in [0.29, 0.717) is 29.7 Å². The Hall–Kier alpha value is -2.20. The largest absolute Gasteiger partial charge is 0.382 e. The lowest BCUT2D eigenvalue weighted by molar-refractivity contribution is -0.0511. The standard InChI is InChI=1S/C14H16FN5O/c1-9-12-10(2-6-18-9)20(19-13(12)17)14(3-5-16)4-7-21-8-11(14)15/h2,6,11H,3-4,7-8H2,1H3,(H2,17,19)/t11-,14+/m1/s1. The highest BCUT2D eigenvalue weighted by molar-refractivity contribution is 5.91. The molecule has 3 rings (SSSR count). The predicted molar refractivity (Wildman–Crippen MR) is 75.2 cm³/mol. The smallest absolute Gasteiger partial charge is 0.155 e. The summed E-state index contributed by atoms with van der Waals surface area (Å²) in [5.41, 5.74) is 6.40. The third-order valence-corrected chi connectivity index (χ3v) is 4.14. The molecule has 1 saturated heterocycles. The molecule has 2 atom stereocenters. The van der Waals surface area contributed by atoms with E-state index in [0.717, 1.165) is 5.69 Å². The van der Waals surface area contributed by atoms with Crippen LogP contribution in [0.4, 0.5) is 10.2 Å². The van der Waals surface area contributed by atoms with Crippen molar-refractivity contribution in [3.63, 3.8) is 0 Å². The fourth-order valence-electron chi connectivity index (χ4n) is 2.99. The van der Waals surface area contributed by atoms with E-state index in [9.17, 15) is 4.39 Å². The van der Waals surface area contributed by atoms with Crippen molar-refractivity contribution in [3.8, 4) is 6.07 Å². The number of nitrogens with two attached hydrogens (primary N) is 1. The number of hydrogen-bond acceptors (Lipinski definition) is 5. The van der Waals surface area contributed by atoms with Crippen LogP contribution in [0.3, 0.4) is 0 Å². The Balaban J connectivity index is 2.26. The molecule has 7 heteroatoms. The van der Waals surface area contributed by atoms with E-state index in [4.69, 9.17) is 15.7 Å². The lowest BCUT2D eigenvalue weighted by Crippen LogP contribution is -2.49. The summed E-state index contributed by atoms with van der Waals surface area (Å²) in [6.07, 6.45) is 0.748. The molecular weight excluding hydrogens is 273 g/mol. The van der Waals surface area contributed by atoms with E-state index < -0.39 is 11.7 Å². The number of nitriles is 1. The molecule has 0 aromatic carbocycles. The molecule has 1 fully saturated rings. The van der Waals surface area contributed by atoms with Gasteiger partial charge in [-0.15, -0.1) is 0 Å². The average Bonchev–Trinajstić information content (AvgIpc) is 2.81. The van der Waals surface area contributed by atoms with Gasteiger partial charge in [-0.3, -0.25) is 9.67 Å². The second-order valence-corrected chi connectivity index (χ2v) is 5.32. The van der Waals surface area contributed by atoms with Gasteiger partial charge in [0.1, 0.15) is 11.7 Å². The average molecular weight is 289 g/mol. The molecular formula is C14H16FN5O. The molecule has 3 heterocycles. The SMILES string of the molecule is Cc1nccc2c1c(N)nn2[C@@]1(CC#N)CCOC[C@H]1F. The maximum atomic E-state index is 14.6. The molecule has 2 aromatic rings. The summed E-state index contributed by atoms with van der Waals surface area (Å²) in [6, 6.07) is 3.84. The second-order valence-electron chi connectivity index (χ2n) is 5.32. The van der Waals surface area contributed by atoms with Crippen molar-refractivity contribution in [1.29, 1.82) is 5.26 Å². The van der Waals surface area contributed by atoms with Gasteiger partial charge in [0.25, 0.3) is 0 Å². The van der Waals surface area contributed by atoms with Gasteiger partial charge < -0.3 is 10.5 Å². The van der Waals surface area contributed by atoms with Crippen molar-refractivity contribution in [1.82, 2.24) is 14.8 Å². The van der Waals surface area contributed by atoms with Gasteiger partial charge in [-0.05, 0) is 19.4 Å². The molecule has 0 bridgehead atoms. The van der Waals surface area contributed by atoms with Gasteiger partial charge in [0, 0.05) is 12.8 Å². The molecule has 0 unspecified atom stereocenters. The maximum absolute atomic E-state index is 14.6. The fourth-order valence-corrected chi connectivity index (χ4v) is 2.99. The van der Waals surface area contributed by atoms with Crippen molar-refractivity contribution >= 4 is 16.7 Å². The lowest BCUT2D eigenvalue weighted by atomic mass is 9.85. The first kappa shape index (κ1) is 13.8. The molecule has 1 aliphatic rings. The van der Waals surface area contributed by atoms with E-state index in [1.165, 1.54) is 0 Å². The van der Waals surface area contributed by atoms with Crippen LogP contribution in [0, 0.1) is 18.3 Å². The third kappa shape index (κ3) is 1.94. The molecule has 1 aliphatic heterocycles. The number of rotatable bonds is 2. The van der Waals surface area contributed by atoms with Gasteiger partial charge in [-0.25, -0.2) is 4.39 Å². The summed E-state index contributed by atoms with van der Waals surface area (Å²) < 4.78 is 21.4. The Morgan fingerprint density at radius 2 is 2.48 bits per heavy atom. The first-order valence-corrected chi connectivity index (χ1v) is 6.79. The monoisotopic (exact) mass is 289 g/mol. The van der Waals surface area contributed by atoms with Crippen LogP contribution in [0.2, 0.25) is 0 Å². The number of aryl methyl sites for hydroxylation is 1. The minimum Gasteiger partial charge on any atom is -0.382 e. The van der Waals surface area contributed by atoms with Crippen LogP contribution in [0.1, 0.15) is 18.5 Å². The fraction of sp³-hybridized carbons (Fsp3) is 0.500. The highest BCUT2D eigenvalue weighted by Gasteiger charge is 2.45. The molecule has 6 nitrogen and oxygen atoms in total. The summed E-state index contributed by atoms with van der Waals surface area (Å²) in [4.78, 5) is 4.20. The number of hydrogen-bond donors (Lipinski definition) is 1. The van der Waals surface area contributed by atoms with Gasteiger partial charge in [-0.1, -0.05) is 0 Å². The van der Waals surface area contributed by atoms with E-state index in [2.05, 4.69) is 16.2 Å². The summed E-state index contributed by atoms with van der Waals surface area (Å²) in [6.45, 7) is 2.19. The Morgan fingerprint density at radius 1 is 1.67 bits per heavy atom. The number of nitrogens with zero attached hydrogens (tertiary/aromatic N) is 4. The lowest BCUT2D eigenvalue weighted by Gasteiger charge is -2.38. The Kier molecular flexibility index (Phi) is 3.26. The molecule has 2 aromatic heterocycles. The number of aromatic nitrogens is 3. The number of fused-ring (bicyclic) bond motifs is 1. The number of anilines is 1. The number of pyridine rings is 1. The quantitative estimate of drug-likeness (QED) is 0.908. The van der Waals surface area contributed by atoms with Crippen LogP contribution < -0.4 is 5.73 Å². The topological polar surface area (TPSA) is 89.8 Å². The van der Waals surface area contributed by atoms with Gasteiger partial charge in [0.2, 0.25) is 0 Å². The second kappa shape index (κ2) is 4.97. The van der Waals surface area contributed by atoms with Crippen molar-refractivity contribution < 1.29 is 9.13 Å². The van der Waals surface area contributed by atoms with E-state index in [1.54, 1.807) is 16.9 Å². The van der Waals surface area contributed by atoms with Crippen molar-refractivity contribution in [3.05, 3.63) is 18.0 Å². The van der Waals surface area contributed by atoms with Crippen LogP contribution in [-0.2, 0) is 10.3 Å². The van der Waals surface area contributed by atoms with E-state index in [1.807, 2.05) is 6.92 Å². The Bertz CT molecular complexity index is 722.